The van der Waals surface area contributed by atoms with Crippen molar-refractivity contribution in [1.29, 1.82) is 0 Å². The molecular weight excluding hydrogens is 140 g/mol. The number of carbonyl (C=O) groups excluding carboxylic acids is 2. The van der Waals surface area contributed by atoms with Crippen molar-refractivity contribution in [2.45, 2.75) is 0 Å². The minimum atomic E-state index is -0.670. The fourth-order valence-corrected chi connectivity index (χ4v) is 0.751. The van der Waals surface area contributed by atoms with Gasteiger partial charge in [-0.1, -0.05) is 30.3 Å². The molecule has 11 heavy (non-hydrogen) atoms. The van der Waals surface area contributed by atoms with E-state index < -0.39 is 11.6 Å². The Balaban J connectivity index is 2.95. The van der Waals surface area contributed by atoms with Crippen molar-refractivity contribution in [3.8, 4) is 0 Å². The summed E-state index contributed by atoms with van der Waals surface area (Å²) < 4.78 is 0. The molecule has 2 heteroatoms. The first-order valence-corrected chi connectivity index (χ1v) is 3.17. The van der Waals surface area contributed by atoms with Gasteiger partial charge in [0.2, 0.25) is 11.6 Å². The van der Waals surface area contributed by atoms with Gasteiger partial charge in [0.25, 0.3) is 0 Å². The summed E-state index contributed by atoms with van der Waals surface area (Å²) in [6.07, 6.45) is 0. The van der Waals surface area contributed by atoms with Gasteiger partial charge in [-0.15, -0.1) is 0 Å². The topological polar surface area (TPSA) is 34.1 Å². The van der Waals surface area contributed by atoms with Crippen LogP contribution in [0.25, 0.3) is 0 Å². The second-order valence-electron chi connectivity index (χ2n) is 2.12. The molecule has 2 nitrogen and oxygen atoms in total. The van der Waals surface area contributed by atoms with Crippen LogP contribution in [-0.4, -0.2) is 11.6 Å². The van der Waals surface area contributed by atoms with E-state index in [1.165, 1.54) is 0 Å². The zero-order chi connectivity index (χ0) is 8.27. The van der Waals surface area contributed by atoms with Gasteiger partial charge in [-0.3, -0.25) is 9.59 Å². The summed E-state index contributed by atoms with van der Waals surface area (Å²) in [4.78, 5) is 21.4. The standard InChI is InChI=1S/C9H7O2/c1-7(10)9(11)8-5-3-2-4-6-8/h2-6H,1H2. The van der Waals surface area contributed by atoms with Crippen LogP contribution in [-0.2, 0) is 4.79 Å². The van der Waals surface area contributed by atoms with E-state index in [4.69, 9.17) is 0 Å². The third kappa shape index (κ3) is 1.74. The molecule has 0 aliphatic heterocycles. The van der Waals surface area contributed by atoms with Gasteiger partial charge in [-0.05, 0) is 0 Å². The second-order valence-corrected chi connectivity index (χ2v) is 2.12. The summed E-state index contributed by atoms with van der Waals surface area (Å²) in [5, 5.41) is 0. The molecule has 0 amide bonds. The maximum Gasteiger partial charge on any atom is 0.228 e. The summed E-state index contributed by atoms with van der Waals surface area (Å²) in [6.45, 7) is 3.03. The molecule has 0 bridgehead atoms. The van der Waals surface area contributed by atoms with E-state index in [0.29, 0.717) is 5.56 Å². The number of hydrogen-bond donors (Lipinski definition) is 0. The fraction of sp³-hybridized carbons (Fsp3) is 0. The molecule has 1 rings (SSSR count). The lowest BCUT2D eigenvalue weighted by molar-refractivity contribution is -0.111. The zero-order valence-corrected chi connectivity index (χ0v) is 5.91. The molecule has 0 saturated carbocycles. The predicted molar refractivity (Wildman–Crippen MR) is 41.1 cm³/mol. The van der Waals surface area contributed by atoms with Gasteiger partial charge in [-0.2, -0.15) is 0 Å². The number of ketones is 2. The molecule has 0 unspecified atom stereocenters. The highest BCUT2D eigenvalue weighted by Crippen LogP contribution is 1.99. The van der Waals surface area contributed by atoms with Crippen molar-refractivity contribution < 1.29 is 9.59 Å². The first-order chi connectivity index (χ1) is 5.22. The zero-order valence-electron chi connectivity index (χ0n) is 5.91. The SMILES string of the molecule is [CH2]C(=O)C(=O)c1ccccc1. The molecule has 0 heterocycles. The van der Waals surface area contributed by atoms with Crippen molar-refractivity contribution in [2.24, 2.45) is 0 Å². The Kier molecular flexibility index (Phi) is 2.16. The summed E-state index contributed by atoms with van der Waals surface area (Å²) in [5.41, 5.74) is 0.396. The fourth-order valence-electron chi connectivity index (χ4n) is 0.751. The Morgan fingerprint density at radius 3 is 2.09 bits per heavy atom. The summed E-state index contributed by atoms with van der Waals surface area (Å²) in [5.74, 6) is -1.21. The smallest absolute Gasteiger partial charge is 0.228 e. The molecule has 0 saturated heterocycles. The van der Waals surface area contributed by atoms with Crippen molar-refractivity contribution in [3.63, 3.8) is 0 Å². The molecule has 0 atom stereocenters. The van der Waals surface area contributed by atoms with E-state index in [9.17, 15) is 9.59 Å². The first-order valence-electron chi connectivity index (χ1n) is 3.17. The third-order valence-corrected chi connectivity index (χ3v) is 1.29. The van der Waals surface area contributed by atoms with Crippen LogP contribution in [0.1, 0.15) is 10.4 Å². The van der Waals surface area contributed by atoms with E-state index in [1.807, 2.05) is 0 Å². The van der Waals surface area contributed by atoms with Crippen LogP contribution in [0.2, 0.25) is 0 Å². The molecule has 0 spiro atoms. The lowest BCUT2D eigenvalue weighted by Crippen LogP contribution is -2.09. The van der Waals surface area contributed by atoms with Gasteiger partial charge >= 0.3 is 0 Å². The quantitative estimate of drug-likeness (QED) is 0.466. The first kappa shape index (κ1) is 7.66. The normalized spacial score (nSPS) is 9.18. The largest absolute Gasteiger partial charge is 0.290 e. The van der Waals surface area contributed by atoms with Crippen LogP contribution < -0.4 is 0 Å². The van der Waals surface area contributed by atoms with Gasteiger partial charge in [0, 0.05) is 12.5 Å². The monoisotopic (exact) mass is 147 g/mol. The van der Waals surface area contributed by atoms with Gasteiger partial charge in [0.1, 0.15) is 0 Å². The number of Topliss-reactive ketones (excluding diaryl/α,β-unsaturated/α-hetero) is 2. The van der Waals surface area contributed by atoms with Gasteiger partial charge < -0.3 is 0 Å². The number of hydrogen-bond acceptors (Lipinski definition) is 2. The molecule has 0 aliphatic rings. The number of carbonyl (C=O) groups is 2. The minimum absolute atomic E-state index is 0.396. The maximum atomic E-state index is 10.9. The highest BCUT2D eigenvalue weighted by molar-refractivity contribution is 6.45. The van der Waals surface area contributed by atoms with Crippen molar-refractivity contribution in [1.82, 2.24) is 0 Å². The highest BCUT2D eigenvalue weighted by Gasteiger charge is 2.08. The Bertz CT molecular complexity index is 275. The van der Waals surface area contributed by atoms with E-state index in [2.05, 4.69) is 6.92 Å². The Morgan fingerprint density at radius 2 is 1.64 bits per heavy atom. The van der Waals surface area contributed by atoms with Gasteiger partial charge in [0.05, 0.1) is 0 Å². The van der Waals surface area contributed by atoms with E-state index >= 15 is 0 Å². The van der Waals surface area contributed by atoms with Gasteiger partial charge in [0.15, 0.2) is 0 Å². The van der Waals surface area contributed by atoms with Crippen molar-refractivity contribution in [2.75, 3.05) is 0 Å². The molecule has 1 aromatic rings. The number of benzene rings is 1. The molecule has 0 fully saturated rings. The van der Waals surface area contributed by atoms with Crippen molar-refractivity contribution in [3.05, 3.63) is 42.8 Å². The second kappa shape index (κ2) is 3.10. The maximum absolute atomic E-state index is 10.9. The molecular formula is C9H7O2. The third-order valence-electron chi connectivity index (χ3n) is 1.29. The van der Waals surface area contributed by atoms with Gasteiger partial charge in [-0.25, -0.2) is 0 Å². The molecule has 1 radical (unpaired) electrons. The van der Waals surface area contributed by atoms with Crippen LogP contribution in [0.15, 0.2) is 30.3 Å². The molecule has 0 N–H and O–H groups in total. The molecule has 0 aliphatic carbocycles. The molecule has 1 aromatic carbocycles. The predicted octanol–water partition coefficient (Wildman–Crippen LogP) is 1.27. The Morgan fingerprint density at radius 1 is 1.09 bits per heavy atom. The van der Waals surface area contributed by atoms with Crippen LogP contribution in [0.4, 0.5) is 0 Å². The average Bonchev–Trinajstić information content (AvgIpc) is 2.05. The summed E-state index contributed by atoms with van der Waals surface area (Å²) in [6, 6.07) is 8.37. The van der Waals surface area contributed by atoms with E-state index in [1.54, 1.807) is 30.3 Å². The Hall–Kier alpha value is -1.44. The average molecular weight is 147 g/mol. The summed E-state index contributed by atoms with van der Waals surface area (Å²) >= 11 is 0. The molecule has 0 aromatic heterocycles. The highest BCUT2D eigenvalue weighted by atomic mass is 16.2. The van der Waals surface area contributed by atoms with Crippen LogP contribution >= 0.6 is 0 Å². The summed E-state index contributed by atoms with van der Waals surface area (Å²) in [7, 11) is 0. The lowest BCUT2D eigenvalue weighted by atomic mass is 10.1. The van der Waals surface area contributed by atoms with Crippen LogP contribution in [0.5, 0.6) is 0 Å². The van der Waals surface area contributed by atoms with E-state index in [-0.39, 0.29) is 0 Å². The van der Waals surface area contributed by atoms with E-state index in [0.717, 1.165) is 0 Å². The number of rotatable bonds is 2. The lowest BCUT2D eigenvalue weighted by Gasteiger charge is -1.92. The Labute approximate surface area is 64.8 Å². The molecule has 55 valence electrons. The van der Waals surface area contributed by atoms with Crippen LogP contribution in [0, 0.1) is 6.92 Å². The van der Waals surface area contributed by atoms with Crippen molar-refractivity contribution >= 4 is 11.6 Å². The minimum Gasteiger partial charge on any atom is -0.290 e. The van der Waals surface area contributed by atoms with Crippen LogP contribution in [0.3, 0.4) is 0 Å².